The first-order valence-corrected chi connectivity index (χ1v) is 11.1. The van der Waals surface area contributed by atoms with Crippen LogP contribution in [0.5, 0.6) is 0 Å². The number of thiophene rings is 1. The monoisotopic (exact) mass is 417 g/mol. The molecule has 1 aliphatic rings. The van der Waals surface area contributed by atoms with E-state index in [0.717, 1.165) is 60.0 Å². The molecule has 30 heavy (non-hydrogen) atoms. The summed E-state index contributed by atoms with van der Waals surface area (Å²) in [7, 11) is 0. The predicted molar refractivity (Wildman–Crippen MR) is 122 cm³/mol. The molecule has 1 aliphatic heterocycles. The van der Waals surface area contributed by atoms with E-state index in [9.17, 15) is 4.79 Å². The largest absolute Gasteiger partial charge is 0.379 e. The molecule has 5 nitrogen and oxygen atoms in total. The Balaban J connectivity index is 1.51. The molecule has 0 aliphatic carbocycles. The van der Waals surface area contributed by atoms with E-state index in [2.05, 4.69) is 41.3 Å². The Labute approximate surface area is 179 Å². The number of fused-ring (bicyclic) bond motifs is 1. The van der Waals surface area contributed by atoms with Crippen molar-refractivity contribution in [1.82, 2.24) is 14.5 Å². The van der Waals surface area contributed by atoms with E-state index in [1.54, 1.807) is 0 Å². The number of benzene rings is 2. The standard InChI is InChI=1S/C24H23N3O2S/c28-24-22-21(10-17-30-22)25-23(27(24)12-11-26-13-15-29-16-14-26)20-8-6-19(7-9-20)18-4-2-1-3-5-18/h1-10,17H,11-16H2. The number of hydrogen-bond donors (Lipinski definition) is 0. The first-order valence-electron chi connectivity index (χ1n) is 10.2. The maximum Gasteiger partial charge on any atom is 0.271 e. The van der Waals surface area contributed by atoms with Gasteiger partial charge in [0.15, 0.2) is 0 Å². The third kappa shape index (κ3) is 3.81. The van der Waals surface area contributed by atoms with E-state index in [1.165, 1.54) is 16.9 Å². The summed E-state index contributed by atoms with van der Waals surface area (Å²) in [6.07, 6.45) is 0. The average molecular weight is 418 g/mol. The number of hydrogen-bond acceptors (Lipinski definition) is 5. The van der Waals surface area contributed by atoms with Crippen LogP contribution in [-0.4, -0.2) is 47.3 Å². The molecule has 1 saturated heterocycles. The van der Waals surface area contributed by atoms with E-state index < -0.39 is 0 Å². The summed E-state index contributed by atoms with van der Waals surface area (Å²) in [4.78, 5) is 20.4. The lowest BCUT2D eigenvalue weighted by molar-refractivity contribution is 0.0363. The molecule has 0 spiro atoms. The van der Waals surface area contributed by atoms with Gasteiger partial charge in [-0.15, -0.1) is 11.3 Å². The summed E-state index contributed by atoms with van der Waals surface area (Å²) in [6, 6.07) is 20.5. The van der Waals surface area contributed by atoms with Crippen molar-refractivity contribution in [3.05, 3.63) is 76.4 Å². The summed E-state index contributed by atoms with van der Waals surface area (Å²) in [6.45, 7) is 4.76. The quantitative estimate of drug-likeness (QED) is 0.490. The third-order valence-corrected chi connectivity index (χ3v) is 6.45. The molecule has 1 fully saturated rings. The van der Waals surface area contributed by atoms with E-state index in [4.69, 9.17) is 9.72 Å². The third-order valence-electron chi connectivity index (χ3n) is 5.56. The number of morpholine rings is 1. The lowest BCUT2D eigenvalue weighted by Crippen LogP contribution is -2.39. The van der Waals surface area contributed by atoms with Crippen LogP contribution in [0.2, 0.25) is 0 Å². The number of aromatic nitrogens is 2. The molecule has 152 valence electrons. The topological polar surface area (TPSA) is 47.4 Å². The van der Waals surface area contributed by atoms with Crippen LogP contribution in [0.1, 0.15) is 0 Å². The Morgan fingerprint density at radius 1 is 0.867 bits per heavy atom. The molecule has 3 heterocycles. The molecule has 0 atom stereocenters. The lowest BCUT2D eigenvalue weighted by Gasteiger charge is -2.27. The Morgan fingerprint density at radius 3 is 2.33 bits per heavy atom. The van der Waals surface area contributed by atoms with Crippen molar-refractivity contribution >= 4 is 21.6 Å². The van der Waals surface area contributed by atoms with Crippen molar-refractivity contribution in [2.24, 2.45) is 0 Å². The first-order chi connectivity index (χ1) is 14.8. The van der Waals surface area contributed by atoms with Gasteiger partial charge in [-0.25, -0.2) is 4.98 Å². The summed E-state index contributed by atoms with van der Waals surface area (Å²) in [5, 5.41) is 1.94. The minimum absolute atomic E-state index is 0.0467. The molecule has 4 aromatic rings. The minimum Gasteiger partial charge on any atom is -0.379 e. The Kier molecular flexibility index (Phi) is 5.45. The smallest absolute Gasteiger partial charge is 0.271 e. The normalized spacial score (nSPS) is 14.9. The van der Waals surface area contributed by atoms with Crippen LogP contribution < -0.4 is 5.56 Å². The molecule has 6 heteroatoms. The molecular weight excluding hydrogens is 394 g/mol. The van der Waals surface area contributed by atoms with Crippen LogP contribution in [-0.2, 0) is 11.3 Å². The van der Waals surface area contributed by atoms with E-state index >= 15 is 0 Å². The van der Waals surface area contributed by atoms with Crippen molar-refractivity contribution in [1.29, 1.82) is 0 Å². The molecule has 0 radical (unpaired) electrons. The molecule has 0 N–H and O–H groups in total. The maximum atomic E-state index is 13.2. The Morgan fingerprint density at radius 2 is 1.57 bits per heavy atom. The van der Waals surface area contributed by atoms with E-state index in [0.29, 0.717) is 6.54 Å². The van der Waals surface area contributed by atoms with Crippen LogP contribution in [0, 0.1) is 0 Å². The summed E-state index contributed by atoms with van der Waals surface area (Å²) < 4.78 is 8.01. The second-order valence-electron chi connectivity index (χ2n) is 7.42. The van der Waals surface area contributed by atoms with Gasteiger partial charge in [0.2, 0.25) is 0 Å². The minimum atomic E-state index is 0.0467. The zero-order chi connectivity index (χ0) is 20.3. The van der Waals surface area contributed by atoms with Crippen molar-refractivity contribution in [2.75, 3.05) is 32.8 Å². The fourth-order valence-electron chi connectivity index (χ4n) is 3.88. The van der Waals surface area contributed by atoms with Gasteiger partial charge in [0.1, 0.15) is 10.5 Å². The lowest BCUT2D eigenvalue weighted by atomic mass is 10.0. The molecule has 0 saturated carbocycles. The number of nitrogens with zero attached hydrogens (tertiary/aromatic N) is 3. The molecule has 5 rings (SSSR count). The molecule has 0 unspecified atom stereocenters. The highest BCUT2D eigenvalue weighted by molar-refractivity contribution is 7.17. The molecule has 2 aromatic heterocycles. The SMILES string of the molecule is O=c1c2sccc2nc(-c2ccc(-c3ccccc3)cc2)n1CCN1CCOCC1. The Hall–Kier alpha value is -2.80. The second-order valence-corrected chi connectivity index (χ2v) is 8.34. The zero-order valence-corrected chi connectivity index (χ0v) is 17.5. The highest BCUT2D eigenvalue weighted by Gasteiger charge is 2.16. The van der Waals surface area contributed by atoms with Crippen LogP contribution in [0.15, 0.2) is 70.8 Å². The van der Waals surface area contributed by atoms with Gasteiger partial charge in [-0.2, -0.15) is 0 Å². The molecule has 2 aromatic carbocycles. The van der Waals surface area contributed by atoms with Gasteiger partial charge < -0.3 is 4.74 Å². The summed E-state index contributed by atoms with van der Waals surface area (Å²) in [5.74, 6) is 0.735. The predicted octanol–water partition coefficient (Wildman–Crippen LogP) is 4.12. The van der Waals surface area contributed by atoms with Gasteiger partial charge in [-0.1, -0.05) is 54.6 Å². The number of rotatable bonds is 5. The summed E-state index contributed by atoms with van der Waals surface area (Å²) in [5.41, 5.74) is 4.11. The van der Waals surface area contributed by atoms with Crippen LogP contribution in [0.4, 0.5) is 0 Å². The van der Waals surface area contributed by atoms with Crippen molar-refractivity contribution < 1.29 is 4.74 Å². The highest BCUT2D eigenvalue weighted by atomic mass is 32.1. The van der Waals surface area contributed by atoms with Crippen LogP contribution >= 0.6 is 11.3 Å². The van der Waals surface area contributed by atoms with Gasteiger partial charge >= 0.3 is 0 Å². The van der Waals surface area contributed by atoms with Crippen molar-refractivity contribution in [2.45, 2.75) is 6.54 Å². The average Bonchev–Trinajstić information content (AvgIpc) is 3.29. The van der Waals surface area contributed by atoms with Gasteiger partial charge in [-0.05, 0) is 22.6 Å². The van der Waals surface area contributed by atoms with Gasteiger partial charge in [-0.3, -0.25) is 14.3 Å². The second kappa shape index (κ2) is 8.52. The van der Waals surface area contributed by atoms with Crippen LogP contribution in [0.3, 0.4) is 0 Å². The summed E-state index contributed by atoms with van der Waals surface area (Å²) >= 11 is 1.46. The Bertz CT molecular complexity index is 1190. The molecule has 0 amide bonds. The highest BCUT2D eigenvalue weighted by Crippen LogP contribution is 2.25. The fraction of sp³-hybridized carbons (Fsp3) is 0.250. The molecule has 0 bridgehead atoms. The van der Waals surface area contributed by atoms with Crippen molar-refractivity contribution in [3.8, 4) is 22.5 Å². The van der Waals surface area contributed by atoms with E-state index in [1.807, 2.05) is 34.2 Å². The van der Waals surface area contributed by atoms with Crippen LogP contribution in [0.25, 0.3) is 32.7 Å². The first kappa shape index (κ1) is 19.2. The molecular formula is C24H23N3O2S. The van der Waals surface area contributed by atoms with Gasteiger partial charge in [0, 0.05) is 31.7 Å². The fourth-order valence-corrected chi connectivity index (χ4v) is 4.66. The van der Waals surface area contributed by atoms with Crippen molar-refractivity contribution in [3.63, 3.8) is 0 Å². The van der Waals surface area contributed by atoms with E-state index in [-0.39, 0.29) is 5.56 Å². The van der Waals surface area contributed by atoms with Gasteiger partial charge in [0.25, 0.3) is 5.56 Å². The van der Waals surface area contributed by atoms with Gasteiger partial charge in [0.05, 0.1) is 18.7 Å². The zero-order valence-electron chi connectivity index (χ0n) is 16.7. The number of ether oxygens (including phenoxy) is 1. The maximum absolute atomic E-state index is 13.2.